The third kappa shape index (κ3) is 2.61. The molecule has 0 saturated heterocycles. The molecule has 0 atom stereocenters. The van der Waals surface area contributed by atoms with Crippen molar-refractivity contribution in [3.8, 4) is 12.8 Å². The third-order valence-corrected chi connectivity index (χ3v) is 2.48. The summed E-state index contributed by atoms with van der Waals surface area (Å²) in [5.41, 5.74) is 4.41. The molecule has 1 heterocycles. The molecule has 0 aliphatic carbocycles. The molecule has 0 saturated carbocycles. The molecular weight excluding hydrogens is 170 g/mol. The van der Waals surface area contributed by atoms with Gasteiger partial charge in [0.2, 0.25) is 0 Å². The molecule has 0 radical (unpaired) electrons. The molecule has 0 bridgehead atoms. The average molecular weight is 187 g/mol. The minimum absolute atomic E-state index is 1.05. The van der Waals surface area contributed by atoms with E-state index >= 15 is 0 Å². The summed E-state index contributed by atoms with van der Waals surface area (Å²) in [6.07, 6.45) is 10.5. The Balaban J connectivity index is 0.000000461. The smallest absolute Gasteiger partial charge is 0.0208 e. The highest BCUT2D eigenvalue weighted by Gasteiger charge is 2.05. The molecule has 0 spiro atoms. The second kappa shape index (κ2) is 5.47. The van der Waals surface area contributed by atoms with Crippen LogP contribution in [-0.4, -0.2) is 6.54 Å². The van der Waals surface area contributed by atoms with E-state index in [0.29, 0.717) is 0 Å². The lowest BCUT2D eigenvalue weighted by atomic mass is 10.0. The fraction of sp³-hybridized carbons (Fsp3) is 0.385. The second-order valence-electron chi connectivity index (χ2n) is 3.55. The number of nitrogens with one attached hydrogen (secondary N) is 1. The maximum atomic E-state index is 4.00. The first-order valence-corrected chi connectivity index (χ1v) is 4.99. The predicted molar refractivity (Wildman–Crippen MR) is 61.1 cm³/mol. The van der Waals surface area contributed by atoms with E-state index in [9.17, 15) is 0 Å². The van der Waals surface area contributed by atoms with E-state index in [2.05, 4.69) is 43.3 Å². The number of benzene rings is 1. The van der Waals surface area contributed by atoms with E-state index in [1.54, 1.807) is 5.56 Å². The molecule has 2 rings (SSSR count). The number of terminal acetylenes is 1. The standard InChI is InChI=1S/C11H15N.C2H2/c1-9-4-5-11-8-12-6-2-3-10(11)7-9;1-2/h4-5,7,12H,2-3,6,8H2,1H3;1-2H. The van der Waals surface area contributed by atoms with E-state index in [1.807, 2.05) is 0 Å². The average Bonchev–Trinajstić information content (AvgIpc) is 2.45. The van der Waals surface area contributed by atoms with Crippen molar-refractivity contribution in [2.75, 3.05) is 6.54 Å². The Labute approximate surface area is 86.5 Å². The van der Waals surface area contributed by atoms with E-state index in [1.165, 1.54) is 24.0 Å². The van der Waals surface area contributed by atoms with Crippen LogP contribution in [0.1, 0.15) is 23.1 Å². The van der Waals surface area contributed by atoms with Crippen LogP contribution in [0.25, 0.3) is 0 Å². The molecule has 74 valence electrons. The number of hydrogen-bond acceptors (Lipinski definition) is 1. The minimum atomic E-state index is 1.05. The quantitative estimate of drug-likeness (QED) is 0.614. The summed E-state index contributed by atoms with van der Waals surface area (Å²) in [4.78, 5) is 0. The van der Waals surface area contributed by atoms with Crippen LogP contribution in [0.3, 0.4) is 0 Å². The second-order valence-corrected chi connectivity index (χ2v) is 3.55. The van der Waals surface area contributed by atoms with E-state index in [-0.39, 0.29) is 0 Å². The Morgan fingerprint density at radius 2 is 2.00 bits per heavy atom. The number of fused-ring (bicyclic) bond motifs is 1. The normalized spacial score (nSPS) is 14.5. The molecule has 1 nitrogen and oxygen atoms in total. The van der Waals surface area contributed by atoms with Crippen molar-refractivity contribution in [3.63, 3.8) is 0 Å². The van der Waals surface area contributed by atoms with Crippen LogP contribution in [0.4, 0.5) is 0 Å². The van der Waals surface area contributed by atoms with Crippen molar-refractivity contribution < 1.29 is 0 Å². The van der Waals surface area contributed by atoms with Crippen LogP contribution >= 0.6 is 0 Å². The lowest BCUT2D eigenvalue weighted by Crippen LogP contribution is -2.11. The Kier molecular flexibility index (Phi) is 4.22. The molecule has 0 aromatic heterocycles. The Morgan fingerprint density at radius 3 is 2.79 bits per heavy atom. The molecule has 1 heteroatoms. The van der Waals surface area contributed by atoms with Crippen LogP contribution in [0.2, 0.25) is 0 Å². The molecule has 0 unspecified atom stereocenters. The van der Waals surface area contributed by atoms with Crippen molar-refractivity contribution in [2.45, 2.75) is 26.3 Å². The van der Waals surface area contributed by atoms with Gasteiger partial charge in [-0.1, -0.05) is 23.8 Å². The van der Waals surface area contributed by atoms with Crippen molar-refractivity contribution in [3.05, 3.63) is 34.9 Å². The molecule has 1 aliphatic heterocycles. The molecule has 1 N–H and O–H groups in total. The van der Waals surface area contributed by atoms with Gasteiger partial charge in [-0.15, -0.1) is 12.8 Å². The van der Waals surface area contributed by atoms with Gasteiger partial charge in [0.25, 0.3) is 0 Å². The van der Waals surface area contributed by atoms with Gasteiger partial charge in [0.15, 0.2) is 0 Å². The van der Waals surface area contributed by atoms with Gasteiger partial charge >= 0.3 is 0 Å². The number of hydrogen-bond donors (Lipinski definition) is 1. The summed E-state index contributed by atoms with van der Waals surface area (Å²) in [6, 6.07) is 6.77. The first-order chi connectivity index (χ1) is 6.86. The summed E-state index contributed by atoms with van der Waals surface area (Å²) in [5.74, 6) is 0. The lowest BCUT2D eigenvalue weighted by Gasteiger charge is -2.05. The minimum Gasteiger partial charge on any atom is -0.313 e. The van der Waals surface area contributed by atoms with Gasteiger partial charge in [0.05, 0.1) is 0 Å². The lowest BCUT2D eigenvalue weighted by molar-refractivity contribution is 0.681. The predicted octanol–water partition coefficient (Wildman–Crippen LogP) is 2.28. The molecule has 1 aromatic rings. The van der Waals surface area contributed by atoms with Crippen LogP contribution in [0.15, 0.2) is 18.2 Å². The number of aryl methyl sites for hydroxylation is 2. The molecular formula is C13H17N. The van der Waals surface area contributed by atoms with E-state index < -0.39 is 0 Å². The Morgan fingerprint density at radius 1 is 1.21 bits per heavy atom. The third-order valence-electron chi connectivity index (χ3n) is 2.48. The summed E-state index contributed by atoms with van der Waals surface area (Å²) >= 11 is 0. The van der Waals surface area contributed by atoms with Gasteiger partial charge in [-0.05, 0) is 37.4 Å². The van der Waals surface area contributed by atoms with Crippen molar-refractivity contribution in [2.24, 2.45) is 0 Å². The van der Waals surface area contributed by atoms with Gasteiger partial charge in [-0.3, -0.25) is 0 Å². The fourth-order valence-corrected chi connectivity index (χ4v) is 1.79. The van der Waals surface area contributed by atoms with Crippen LogP contribution in [-0.2, 0) is 13.0 Å². The number of rotatable bonds is 0. The highest BCUT2D eigenvalue weighted by molar-refractivity contribution is 5.32. The van der Waals surface area contributed by atoms with E-state index in [0.717, 1.165) is 13.1 Å². The maximum absolute atomic E-state index is 4.00. The molecule has 0 amide bonds. The van der Waals surface area contributed by atoms with Crippen molar-refractivity contribution >= 4 is 0 Å². The molecule has 1 aliphatic rings. The zero-order valence-corrected chi connectivity index (χ0v) is 8.72. The Bertz CT molecular complexity index is 312. The summed E-state index contributed by atoms with van der Waals surface area (Å²) in [6.45, 7) is 4.38. The highest BCUT2D eigenvalue weighted by atomic mass is 14.8. The van der Waals surface area contributed by atoms with Crippen molar-refractivity contribution in [1.29, 1.82) is 0 Å². The zero-order valence-electron chi connectivity index (χ0n) is 8.72. The summed E-state index contributed by atoms with van der Waals surface area (Å²) in [7, 11) is 0. The van der Waals surface area contributed by atoms with Gasteiger partial charge < -0.3 is 5.32 Å². The van der Waals surface area contributed by atoms with Crippen LogP contribution in [0.5, 0.6) is 0 Å². The topological polar surface area (TPSA) is 12.0 Å². The Hall–Kier alpha value is -1.26. The summed E-state index contributed by atoms with van der Waals surface area (Å²) < 4.78 is 0. The largest absolute Gasteiger partial charge is 0.313 e. The first-order valence-electron chi connectivity index (χ1n) is 4.99. The molecule has 14 heavy (non-hydrogen) atoms. The first kappa shape index (κ1) is 10.8. The summed E-state index contributed by atoms with van der Waals surface area (Å²) in [5, 5.41) is 3.42. The van der Waals surface area contributed by atoms with Crippen molar-refractivity contribution in [1.82, 2.24) is 5.32 Å². The van der Waals surface area contributed by atoms with Gasteiger partial charge in [0.1, 0.15) is 0 Å². The van der Waals surface area contributed by atoms with Gasteiger partial charge in [0, 0.05) is 6.54 Å². The maximum Gasteiger partial charge on any atom is 0.0208 e. The zero-order chi connectivity index (χ0) is 10.4. The SMILES string of the molecule is C#C.Cc1ccc2c(c1)CCCNC2. The highest BCUT2D eigenvalue weighted by Crippen LogP contribution is 2.15. The monoisotopic (exact) mass is 187 g/mol. The van der Waals surface area contributed by atoms with E-state index in [4.69, 9.17) is 0 Å². The fourth-order valence-electron chi connectivity index (χ4n) is 1.79. The van der Waals surface area contributed by atoms with Crippen LogP contribution < -0.4 is 5.32 Å². The van der Waals surface area contributed by atoms with Gasteiger partial charge in [-0.25, -0.2) is 0 Å². The molecule has 0 fully saturated rings. The van der Waals surface area contributed by atoms with Crippen LogP contribution in [0, 0.1) is 19.8 Å². The molecule has 1 aromatic carbocycles. The van der Waals surface area contributed by atoms with Gasteiger partial charge in [-0.2, -0.15) is 0 Å².